The molecule has 0 radical (unpaired) electrons. The van der Waals surface area contributed by atoms with Crippen molar-refractivity contribution in [1.29, 1.82) is 0 Å². The molecule has 0 aromatic heterocycles. The van der Waals surface area contributed by atoms with Gasteiger partial charge in [0.15, 0.2) is 0 Å². The molecule has 3 aromatic rings. The highest BCUT2D eigenvalue weighted by molar-refractivity contribution is 9.10. The van der Waals surface area contributed by atoms with Crippen LogP contribution in [-0.2, 0) is 0 Å². The number of nitrogens with one attached hydrogen (secondary N) is 1. The van der Waals surface area contributed by atoms with E-state index in [0.717, 1.165) is 33.0 Å². The first-order chi connectivity index (χ1) is 14.5. The molecule has 0 spiro atoms. The molecule has 2 amide bonds. The summed E-state index contributed by atoms with van der Waals surface area (Å²) in [5.74, 6) is 0.250. The van der Waals surface area contributed by atoms with E-state index in [1.807, 2.05) is 78.9 Å². The second-order valence-electron chi connectivity index (χ2n) is 7.47. The summed E-state index contributed by atoms with van der Waals surface area (Å²) in [4.78, 5) is 15.2. The van der Waals surface area contributed by atoms with Crippen LogP contribution < -0.4 is 10.2 Å². The van der Waals surface area contributed by atoms with E-state index >= 15 is 0 Å². The van der Waals surface area contributed by atoms with Crippen LogP contribution in [0.5, 0.6) is 0 Å². The Labute approximate surface area is 193 Å². The molecular formula is C24H22Br2N2O2. The second-order valence-corrected chi connectivity index (χ2v) is 9.30. The van der Waals surface area contributed by atoms with Gasteiger partial charge in [-0.25, -0.2) is 4.79 Å². The molecular weight excluding hydrogens is 508 g/mol. The van der Waals surface area contributed by atoms with Crippen molar-refractivity contribution < 1.29 is 9.90 Å². The molecule has 6 heteroatoms. The quantitative estimate of drug-likeness (QED) is 0.370. The molecule has 0 bridgehead atoms. The summed E-state index contributed by atoms with van der Waals surface area (Å²) < 4.78 is 1.88. The monoisotopic (exact) mass is 528 g/mol. The standard InChI is InChI=1S/C24H22Br2N2O2/c25-18-8-12-20(13-9-18)27-24(30)28(21-14-10-19(26)11-15-21)22(16-6-7-16)23(29)17-4-2-1-3-5-17/h1-5,8-16,22-23,29H,6-7H2,(H,27,30). The first-order valence-corrected chi connectivity index (χ1v) is 11.5. The Morgan fingerprint density at radius 1 is 0.900 bits per heavy atom. The number of carbonyl (C=O) groups is 1. The van der Waals surface area contributed by atoms with Crippen molar-refractivity contribution in [3.8, 4) is 0 Å². The smallest absolute Gasteiger partial charge is 0.326 e. The fourth-order valence-corrected chi connectivity index (χ4v) is 4.17. The zero-order valence-electron chi connectivity index (χ0n) is 16.2. The molecule has 1 fully saturated rings. The SMILES string of the molecule is O=C(Nc1ccc(Br)cc1)N(c1ccc(Br)cc1)C(C1CC1)C(O)c1ccccc1. The molecule has 1 saturated carbocycles. The molecule has 1 aliphatic carbocycles. The lowest BCUT2D eigenvalue weighted by Crippen LogP contribution is -2.47. The van der Waals surface area contributed by atoms with Crippen molar-refractivity contribution in [2.45, 2.75) is 25.0 Å². The number of aliphatic hydroxyl groups excluding tert-OH is 1. The molecule has 0 heterocycles. The number of rotatable bonds is 6. The number of benzene rings is 3. The Bertz CT molecular complexity index is 990. The minimum Gasteiger partial charge on any atom is -0.386 e. The molecule has 1 aliphatic rings. The van der Waals surface area contributed by atoms with Gasteiger partial charge in [-0.1, -0.05) is 62.2 Å². The largest absolute Gasteiger partial charge is 0.386 e. The van der Waals surface area contributed by atoms with E-state index in [1.165, 1.54) is 0 Å². The molecule has 2 N–H and O–H groups in total. The van der Waals surface area contributed by atoms with Crippen LogP contribution in [0.15, 0.2) is 87.8 Å². The number of hydrogen-bond donors (Lipinski definition) is 2. The minimum atomic E-state index is -0.780. The van der Waals surface area contributed by atoms with Gasteiger partial charge < -0.3 is 10.4 Å². The van der Waals surface area contributed by atoms with Crippen LogP contribution in [0.25, 0.3) is 0 Å². The van der Waals surface area contributed by atoms with E-state index in [2.05, 4.69) is 37.2 Å². The van der Waals surface area contributed by atoms with Gasteiger partial charge in [0, 0.05) is 20.3 Å². The summed E-state index contributed by atoms with van der Waals surface area (Å²) in [5, 5.41) is 14.3. The highest BCUT2D eigenvalue weighted by Gasteiger charge is 2.43. The molecule has 2 unspecified atom stereocenters. The van der Waals surface area contributed by atoms with E-state index in [1.54, 1.807) is 4.90 Å². The zero-order valence-corrected chi connectivity index (χ0v) is 19.4. The van der Waals surface area contributed by atoms with Crippen LogP contribution >= 0.6 is 31.9 Å². The second kappa shape index (κ2) is 9.33. The van der Waals surface area contributed by atoms with Crippen LogP contribution in [0.1, 0.15) is 24.5 Å². The fourth-order valence-electron chi connectivity index (χ4n) is 3.64. The average molecular weight is 530 g/mol. The van der Waals surface area contributed by atoms with Crippen molar-refractivity contribution in [1.82, 2.24) is 0 Å². The highest BCUT2D eigenvalue weighted by Crippen LogP contribution is 2.43. The zero-order chi connectivity index (χ0) is 21.1. The summed E-state index contributed by atoms with van der Waals surface area (Å²) in [6.45, 7) is 0. The average Bonchev–Trinajstić information content (AvgIpc) is 3.59. The van der Waals surface area contributed by atoms with Gasteiger partial charge in [0.2, 0.25) is 0 Å². The number of urea groups is 1. The Morgan fingerprint density at radius 3 is 2.03 bits per heavy atom. The molecule has 0 aliphatic heterocycles. The summed E-state index contributed by atoms with van der Waals surface area (Å²) in [6.07, 6.45) is 1.21. The van der Waals surface area contributed by atoms with Gasteiger partial charge in [-0.3, -0.25) is 4.90 Å². The third kappa shape index (κ3) is 4.94. The maximum absolute atomic E-state index is 13.5. The molecule has 2 atom stereocenters. The summed E-state index contributed by atoms with van der Waals surface area (Å²) >= 11 is 6.88. The van der Waals surface area contributed by atoms with Crippen molar-refractivity contribution in [2.24, 2.45) is 5.92 Å². The van der Waals surface area contributed by atoms with Gasteiger partial charge in [-0.05, 0) is 72.9 Å². The number of nitrogens with zero attached hydrogens (tertiary/aromatic N) is 1. The first kappa shape index (κ1) is 21.1. The fraction of sp³-hybridized carbons (Fsp3) is 0.208. The van der Waals surface area contributed by atoms with Gasteiger partial charge >= 0.3 is 6.03 Å². The van der Waals surface area contributed by atoms with E-state index in [4.69, 9.17) is 0 Å². The number of amides is 2. The molecule has 30 heavy (non-hydrogen) atoms. The number of hydrogen-bond acceptors (Lipinski definition) is 2. The normalized spacial score (nSPS) is 15.3. The molecule has 3 aromatic carbocycles. The van der Waals surface area contributed by atoms with Gasteiger partial charge in [0.25, 0.3) is 0 Å². The van der Waals surface area contributed by atoms with Crippen LogP contribution in [0.3, 0.4) is 0 Å². The number of carbonyl (C=O) groups excluding carboxylic acids is 1. The Hall–Kier alpha value is -2.15. The van der Waals surface area contributed by atoms with Crippen LogP contribution in [0.2, 0.25) is 0 Å². The van der Waals surface area contributed by atoms with Gasteiger partial charge in [0.1, 0.15) is 6.10 Å². The predicted molar refractivity (Wildman–Crippen MR) is 128 cm³/mol. The Kier molecular flexibility index (Phi) is 6.56. The van der Waals surface area contributed by atoms with Crippen molar-refractivity contribution in [3.05, 3.63) is 93.4 Å². The minimum absolute atomic E-state index is 0.250. The molecule has 0 saturated heterocycles. The number of anilines is 2. The highest BCUT2D eigenvalue weighted by atomic mass is 79.9. The van der Waals surface area contributed by atoms with Gasteiger partial charge in [-0.15, -0.1) is 0 Å². The number of halogens is 2. The summed E-state index contributed by atoms with van der Waals surface area (Å²) in [5.41, 5.74) is 2.27. The molecule has 4 nitrogen and oxygen atoms in total. The van der Waals surface area contributed by atoms with E-state index in [-0.39, 0.29) is 18.0 Å². The van der Waals surface area contributed by atoms with Crippen molar-refractivity contribution in [2.75, 3.05) is 10.2 Å². The van der Waals surface area contributed by atoms with Crippen LogP contribution in [-0.4, -0.2) is 17.2 Å². The van der Waals surface area contributed by atoms with E-state index in [0.29, 0.717) is 5.69 Å². The lowest BCUT2D eigenvalue weighted by molar-refractivity contribution is 0.133. The third-order valence-corrected chi connectivity index (χ3v) is 6.34. The summed E-state index contributed by atoms with van der Waals surface area (Å²) in [7, 11) is 0. The predicted octanol–water partition coefficient (Wildman–Crippen LogP) is 6.76. The lowest BCUT2D eigenvalue weighted by atomic mass is 9.96. The maximum atomic E-state index is 13.5. The van der Waals surface area contributed by atoms with Gasteiger partial charge in [0.05, 0.1) is 6.04 Å². The molecule has 4 rings (SSSR count). The summed E-state index contributed by atoms with van der Waals surface area (Å²) in [6, 6.07) is 24.0. The topological polar surface area (TPSA) is 52.6 Å². The van der Waals surface area contributed by atoms with Crippen LogP contribution in [0, 0.1) is 5.92 Å². The Balaban J connectivity index is 1.70. The van der Waals surface area contributed by atoms with Crippen molar-refractivity contribution >= 4 is 49.3 Å². The van der Waals surface area contributed by atoms with Crippen molar-refractivity contribution in [3.63, 3.8) is 0 Å². The third-order valence-electron chi connectivity index (χ3n) is 5.29. The van der Waals surface area contributed by atoms with Crippen LogP contribution in [0.4, 0.5) is 16.2 Å². The van der Waals surface area contributed by atoms with E-state index < -0.39 is 6.10 Å². The van der Waals surface area contributed by atoms with E-state index in [9.17, 15) is 9.90 Å². The molecule has 154 valence electrons. The number of aliphatic hydroxyl groups is 1. The Morgan fingerprint density at radius 2 is 1.47 bits per heavy atom. The maximum Gasteiger partial charge on any atom is 0.326 e. The lowest BCUT2D eigenvalue weighted by Gasteiger charge is -2.35. The van der Waals surface area contributed by atoms with Gasteiger partial charge in [-0.2, -0.15) is 0 Å². The first-order valence-electron chi connectivity index (χ1n) is 9.87.